The monoisotopic (exact) mass is 240 g/mol. The van der Waals surface area contributed by atoms with E-state index in [1.807, 2.05) is 6.92 Å². The first-order chi connectivity index (χ1) is 8.17. The van der Waals surface area contributed by atoms with Gasteiger partial charge in [0.2, 0.25) is 5.91 Å². The quantitative estimate of drug-likeness (QED) is 0.699. The number of nitrogens with one attached hydrogen (secondary N) is 1. The molecule has 0 aromatic carbocycles. The van der Waals surface area contributed by atoms with Crippen LogP contribution in [-0.4, -0.2) is 31.7 Å². The molecule has 0 aliphatic heterocycles. The van der Waals surface area contributed by atoms with Gasteiger partial charge in [-0.3, -0.25) is 4.79 Å². The van der Waals surface area contributed by atoms with Crippen LogP contribution in [0.15, 0.2) is 0 Å². The van der Waals surface area contributed by atoms with E-state index >= 15 is 0 Å². The van der Waals surface area contributed by atoms with E-state index in [9.17, 15) is 4.79 Å². The summed E-state index contributed by atoms with van der Waals surface area (Å²) in [5, 5.41) is 3.02. The van der Waals surface area contributed by atoms with Gasteiger partial charge in [0.05, 0.1) is 6.10 Å². The highest BCUT2D eigenvalue weighted by atomic mass is 16.5. The lowest BCUT2D eigenvalue weighted by molar-refractivity contribution is -0.124. The maximum absolute atomic E-state index is 11.7. The summed E-state index contributed by atoms with van der Waals surface area (Å²) in [6, 6.07) is 0. The van der Waals surface area contributed by atoms with Crippen LogP contribution in [0.1, 0.15) is 39.0 Å². The molecule has 0 saturated heterocycles. The van der Waals surface area contributed by atoms with Crippen LogP contribution in [0.3, 0.4) is 0 Å². The molecule has 0 radical (unpaired) electrons. The zero-order valence-electron chi connectivity index (χ0n) is 10.7. The molecule has 98 valence electrons. The molecule has 0 spiro atoms. The standard InChI is InChI=1S/C13H24N2O2/c1-2-17-11-5-10(6-11)7-12(16)15-9-13(8-14)3-4-13/h10-11H,2-9,14H2,1H3,(H,15,16). The fourth-order valence-corrected chi connectivity index (χ4v) is 2.46. The smallest absolute Gasteiger partial charge is 0.220 e. The molecule has 0 aromatic rings. The Morgan fingerprint density at radius 2 is 2.18 bits per heavy atom. The van der Waals surface area contributed by atoms with E-state index in [4.69, 9.17) is 10.5 Å². The molecule has 0 heterocycles. The van der Waals surface area contributed by atoms with Gasteiger partial charge in [0.15, 0.2) is 0 Å². The highest BCUT2D eigenvalue weighted by molar-refractivity contribution is 5.76. The maximum atomic E-state index is 11.7. The minimum atomic E-state index is 0.185. The van der Waals surface area contributed by atoms with Crippen LogP contribution < -0.4 is 11.1 Å². The second-order valence-electron chi connectivity index (χ2n) is 5.60. The second-order valence-corrected chi connectivity index (χ2v) is 5.60. The zero-order chi connectivity index (χ0) is 12.3. The molecular formula is C13H24N2O2. The summed E-state index contributed by atoms with van der Waals surface area (Å²) >= 11 is 0. The fraction of sp³-hybridized carbons (Fsp3) is 0.923. The van der Waals surface area contributed by atoms with E-state index in [0.29, 0.717) is 25.0 Å². The van der Waals surface area contributed by atoms with Gasteiger partial charge >= 0.3 is 0 Å². The first-order valence-corrected chi connectivity index (χ1v) is 6.76. The Balaban J connectivity index is 1.56. The van der Waals surface area contributed by atoms with Gasteiger partial charge in [0.1, 0.15) is 0 Å². The van der Waals surface area contributed by atoms with Crippen molar-refractivity contribution in [2.24, 2.45) is 17.1 Å². The topological polar surface area (TPSA) is 64.3 Å². The lowest BCUT2D eigenvalue weighted by Crippen LogP contribution is -2.38. The Labute approximate surface area is 103 Å². The molecule has 4 heteroatoms. The van der Waals surface area contributed by atoms with Crippen molar-refractivity contribution < 1.29 is 9.53 Å². The second kappa shape index (κ2) is 5.36. The summed E-state index contributed by atoms with van der Waals surface area (Å²) in [4.78, 5) is 11.7. The van der Waals surface area contributed by atoms with Crippen molar-refractivity contribution in [3.8, 4) is 0 Å². The highest BCUT2D eigenvalue weighted by Gasteiger charge is 2.41. The van der Waals surface area contributed by atoms with Gasteiger partial charge < -0.3 is 15.8 Å². The Morgan fingerprint density at radius 3 is 2.71 bits per heavy atom. The third-order valence-electron chi connectivity index (χ3n) is 4.12. The molecule has 2 aliphatic carbocycles. The van der Waals surface area contributed by atoms with Gasteiger partial charge in [-0.2, -0.15) is 0 Å². The summed E-state index contributed by atoms with van der Waals surface area (Å²) in [5.41, 5.74) is 5.92. The van der Waals surface area contributed by atoms with Crippen molar-refractivity contribution in [2.75, 3.05) is 19.7 Å². The Morgan fingerprint density at radius 1 is 1.47 bits per heavy atom. The maximum Gasteiger partial charge on any atom is 0.220 e. The molecule has 2 rings (SSSR count). The van der Waals surface area contributed by atoms with Crippen LogP contribution >= 0.6 is 0 Å². The Bertz CT molecular complexity index is 271. The van der Waals surface area contributed by atoms with E-state index in [1.165, 1.54) is 12.8 Å². The lowest BCUT2D eigenvalue weighted by atomic mass is 9.80. The molecule has 2 fully saturated rings. The van der Waals surface area contributed by atoms with Gasteiger partial charge in [0, 0.05) is 19.6 Å². The predicted octanol–water partition coefficient (Wildman–Crippen LogP) is 1.05. The molecule has 0 aromatic heterocycles. The van der Waals surface area contributed by atoms with Crippen molar-refractivity contribution in [3.05, 3.63) is 0 Å². The van der Waals surface area contributed by atoms with E-state index in [-0.39, 0.29) is 11.3 Å². The van der Waals surface area contributed by atoms with Crippen LogP contribution in [0.5, 0.6) is 0 Å². The minimum Gasteiger partial charge on any atom is -0.378 e. The number of amides is 1. The number of hydrogen-bond acceptors (Lipinski definition) is 3. The number of hydrogen-bond donors (Lipinski definition) is 2. The van der Waals surface area contributed by atoms with E-state index in [0.717, 1.165) is 26.0 Å². The molecule has 0 atom stereocenters. The van der Waals surface area contributed by atoms with Crippen LogP contribution in [0.4, 0.5) is 0 Å². The van der Waals surface area contributed by atoms with Crippen LogP contribution in [0.2, 0.25) is 0 Å². The van der Waals surface area contributed by atoms with E-state index in [1.54, 1.807) is 0 Å². The SMILES string of the molecule is CCOC1CC(CC(=O)NCC2(CN)CC2)C1. The molecule has 3 N–H and O–H groups in total. The van der Waals surface area contributed by atoms with Crippen LogP contribution in [0.25, 0.3) is 0 Å². The Kier molecular flexibility index (Phi) is 4.05. The van der Waals surface area contributed by atoms with Gasteiger partial charge in [-0.25, -0.2) is 0 Å². The van der Waals surface area contributed by atoms with Gasteiger partial charge in [-0.05, 0) is 50.5 Å². The summed E-state index contributed by atoms with van der Waals surface area (Å²) in [5.74, 6) is 0.712. The lowest BCUT2D eigenvalue weighted by Gasteiger charge is -2.34. The molecule has 4 nitrogen and oxygen atoms in total. The summed E-state index contributed by atoms with van der Waals surface area (Å²) < 4.78 is 5.48. The number of carbonyl (C=O) groups excluding carboxylic acids is 1. The number of nitrogens with two attached hydrogens (primary N) is 1. The predicted molar refractivity (Wildman–Crippen MR) is 66.5 cm³/mol. The molecule has 2 saturated carbocycles. The molecule has 2 aliphatic rings. The normalized spacial score (nSPS) is 29.5. The van der Waals surface area contributed by atoms with Crippen molar-refractivity contribution in [1.29, 1.82) is 0 Å². The largest absolute Gasteiger partial charge is 0.378 e. The van der Waals surface area contributed by atoms with Crippen molar-refractivity contribution >= 4 is 5.91 Å². The third-order valence-corrected chi connectivity index (χ3v) is 4.12. The first-order valence-electron chi connectivity index (χ1n) is 6.76. The third kappa shape index (κ3) is 3.42. The zero-order valence-corrected chi connectivity index (χ0v) is 10.7. The van der Waals surface area contributed by atoms with Crippen LogP contribution in [0, 0.1) is 11.3 Å². The van der Waals surface area contributed by atoms with Crippen molar-refractivity contribution in [2.45, 2.75) is 45.1 Å². The van der Waals surface area contributed by atoms with Gasteiger partial charge in [0.25, 0.3) is 0 Å². The average molecular weight is 240 g/mol. The van der Waals surface area contributed by atoms with Crippen LogP contribution in [-0.2, 0) is 9.53 Å². The van der Waals surface area contributed by atoms with Crippen molar-refractivity contribution in [3.63, 3.8) is 0 Å². The summed E-state index contributed by atoms with van der Waals surface area (Å²) in [7, 11) is 0. The number of ether oxygens (including phenoxy) is 1. The first kappa shape index (κ1) is 12.8. The number of carbonyl (C=O) groups is 1. The molecule has 17 heavy (non-hydrogen) atoms. The molecule has 0 bridgehead atoms. The van der Waals surface area contributed by atoms with E-state index in [2.05, 4.69) is 5.32 Å². The fourth-order valence-electron chi connectivity index (χ4n) is 2.46. The molecule has 0 unspecified atom stereocenters. The molecular weight excluding hydrogens is 216 g/mol. The van der Waals surface area contributed by atoms with Gasteiger partial charge in [-0.15, -0.1) is 0 Å². The summed E-state index contributed by atoms with van der Waals surface area (Å²) in [6.07, 6.45) is 5.48. The molecule has 1 amide bonds. The average Bonchev–Trinajstić information content (AvgIpc) is 3.04. The minimum absolute atomic E-state index is 0.185. The van der Waals surface area contributed by atoms with Crippen molar-refractivity contribution in [1.82, 2.24) is 5.32 Å². The number of rotatable bonds is 7. The van der Waals surface area contributed by atoms with E-state index < -0.39 is 0 Å². The van der Waals surface area contributed by atoms with Gasteiger partial charge in [-0.1, -0.05) is 0 Å². The summed E-state index contributed by atoms with van der Waals surface area (Å²) in [6.45, 7) is 4.26. The Hall–Kier alpha value is -0.610. The highest BCUT2D eigenvalue weighted by Crippen LogP contribution is 2.43.